The van der Waals surface area contributed by atoms with E-state index in [1.807, 2.05) is 43.3 Å². The van der Waals surface area contributed by atoms with Gasteiger partial charge in [0.1, 0.15) is 5.75 Å². The van der Waals surface area contributed by atoms with Gasteiger partial charge in [-0.3, -0.25) is 14.9 Å². The summed E-state index contributed by atoms with van der Waals surface area (Å²) in [4.78, 5) is 24.1. The number of nitro groups is 1. The Kier molecular flexibility index (Phi) is 6.60. The van der Waals surface area contributed by atoms with Crippen LogP contribution in [-0.2, 0) is 4.79 Å². The largest absolute Gasteiger partial charge is 0.479 e. The zero-order valence-electron chi connectivity index (χ0n) is 15.7. The molecule has 0 saturated heterocycles. The van der Waals surface area contributed by atoms with E-state index in [-0.39, 0.29) is 5.69 Å². The lowest BCUT2D eigenvalue weighted by atomic mass is 10.1. The molecule has 29 heavy (non-hydrogen) atoms. The summed E-state index contributed by atoms with van der Waals surface area (Å²) >= 11 is 4.79. The summed E-state index contributed by atoms with van der Waals surface area (Å²) in [5.41, 5.74) is 2.48. The van der Waals surface area contributed by atoms with Gasteiger partial charge in [-0.15, -0.1) is 11.3 Å². The molecule has 0 aliphatic heterocycles. The van der Waals surface area contributed by atoms with E-state index >= 15 is 0 Å². The van der Waals surface area contributed by atoms with Crippen molar-refractivity contribution in [3.8, 4) is 5.75 Å². The Balaban J connectivity index is 1.69. The van der Waals surface area contributed by atoms with Crippen molar-refractivity contribution in [2.24, 2.45) is 5.10 Å². The molecule has 0 unspecified atom stereocenters. The maximum absolute atomic E-state index is 12.5. The number of rotatable bonds is 7. The van der Waals surface area contributed by atoms with E-state index in [1.54, 1.807) is 6.92 Å². The van der Waals surface area contributed by atoms with E-state index < -0.39 is 16.9 Å². The monoisotopic (exact) mass is 475 g/mol. The summed E-state index contributed by atoms with van der Waals surface area (Å²) in [6, 6.07) is 13.0. The van der Waals surface area contributed by atoms with Crippen molar-refractivity contribution in [3.05, 3.63) is 66.8 Å². The minimum absolute atomic E-state index is 0.0405. The fraction of sp³-hybridized carbons (Fsp3) is 0.200. The van der Waals surface area contributed by atoms with Gasteiger partial charge in [0.2, 0.25) is 0 Å². The molecule has 0 fully saturated rings. The molecule has 3 rings (SSSR count). The molecule has 0 aliphatic rings. The third kappa shape index (κ3) is 4.80. The van der Waals surface area contributed by atoms with Gasteiger partial charge in [0.25, 0.3) is 11.6 Å². The van der Waals surface area contributed by atoms with Crippen molar-refractivity contribution in [2.75, 3.05) is 0 Å². The second kappa shape index (κ2) is 9.15. The number of carbonyl (C=O) groups excluding carboxylic acids is 1. The molecule has 1 atom stereocenters. The van der Waals surface area contributed by atoms with Gasteiger partial charge in [0, 0.05) is 6.07 Å². The van der Waals surface area contributed by atoms with Gasteiger partial charge in [-0.05, 0) is 46.1 Å². The Morgan fingerprint density at radius 1 is 1.38 bits per heavy atom. The minimum Gasteiger partial charge on any atom is -0.479 e. The van der Waals surface area contributed by atoms with Crippen LogP contribution in [0.3, 0.4) is 0 Å². The molecular formula is C20H18BrN3O4S. The van der Waals surface area contributed by atoms with E-state index in [2.05, 4.69) is 26.5 Å². The molecule has 1 N–H and O–H groups in total. The Morgan fingerprint density at radius 2 is 2.14 bits per heavy atom. The quantitative estimate of drug-likeness (QED) is 0.289. The van der Waals surface area contributed by atoms with E-state index in [9.17, 15) is 14.9 Å². The highest BCUT2D eigenvalue weighted by Crippen LogP contribution is 2.34. The summed E-state index contributed by atoms with van der Waals surface area (Å²) in [5.74, 6) is 0.172. The van der Waals surface area contributed by atoms with E-state index in [0.29, 0.717) is 21.9 Å². The number of aryl methyl sites for hydroxylation is 1. The second-order valence-corrected chi connectivity index (χ2v) is 8.28. The number of hydrogen-bond donors (Lipinski definition) is 1. The molecule has 1 aromatic heterocycles. The Labute approximate surface area is 179 Å². The standard InChI is InChI=1S/C20H18BrN3O4S/c1-3-17(28-18-9-8-13-6-4-5-7-15(13)19(18)21)20(25)23-22-11-14-10-16(24(26)27)12(2)29-14/h4-11,17H,3H2,1-2H3,(H,23,25)/b22-11-/t17-/m0/s1. The van der Waals surface area contributed by atoms with Crippen LogP contribution in [0.1, 0.15) is 23.1 Å². The van der Waals surface area contributed by atoms with Crippen molar-refractivity contribution >= 4 is 55.8 Å². The first-order valence-corrected chi connectivity index (χ1v) is 10.4. The molecule has 0 spiro atoms. The number of nitrogens with one attached hydrogen (secondary N) is 1. The number of ether oxygens (including phenoxy) is 1. The van der Waals surface area contributed by atoms with Crippen molar-refractivity contribution < 1.29 is 14.5 Å². The fourth-order valence-electron chi connectivity index (χ4n) is 2.75. The number of hydrogen-bond acceptors (Lipinski definition) is 6. The van der Waals surface area contributed by atoms with Crippen LogP contribution in [0.25, 0.3) is 10.8 Å². The highest BCUT2D eigenvalue weighted by atomic mass is 79.9. The predicted octanol–water partition coefficient (Wildman–Crippen LogP) is 5.19. The summed E-state index contributed by atoms with van der Waals surface area (Å²) in [5, 5.41) is 16.9. The average molecular weight is 476 g/mol. The molecule has 7 nitrogen and oxygen atoms in total. The summed E-state index contributed by atoms with van der Waals surface area (Å²) in [6.07, 6.45) is 1.11. The molecule has 0 saturated carbocycles. The molecule has 2 aromatic carbocycles. The number of thiophene rings is 1. The Bertz CT molecular complexity index is 1100. The molecule has 1 heterocycles. The number of nitrogens with zero attached hydrogens (tertiary/aromatic N) is 2. The van der Waals surface area contributed by atoms with Gasteiger partial charge in [-0.25, -0.2) is 5.43 Å². The van der Waals surface area contributed by atoms with Crippen LogP contribution in [0.2, 0.25) is 0 Å². The third-order valence-corrected chi connectivity index (χ3v) is 6.03. The number of fused-ring (bicyclic) bond motifs is 1. The summed E-state index contributed by atoms with van der Waals surface area (Å²) < 4.78 is 6.69. The lowest BCUT2D eigenvalue weighted by molar-refractivity contribution is -0.385. The van der Waals surface area contributed by atoms with Gasteiger partial charge < -0.3 is 4.74 Å². The van der Waals surface area contributed by atoms with Crippen LogP contribution in [0.5, 0.6) is 5.75 Å². The predicted molar refractivity (Wildman–Crippen MR) is 118 cm³/mol. The van der Waals surface area contributed by atoms with Crippen LogP contribution in [0, 0.1) is 17.0 Å². The first kappa shape index (κ1) is 20.9. The first-order valence-electron chi connectivity index (χ1n) is 8.82. The highest BCUT2D eigenvalue weighted by Gasteiger charge is 2.20. The maximum atomic E-state index is 12.5. The van der Waals surface area contributed by atoms with Gasteiger partial charge >= 0.3 is 0 Å². The molecule has 9 heteroatoms. The molecule has 0 aliphatic carbocycles. The van der Waals surface area contributed by atoms with Gasteiger partial charge in [-0.2, -0.15) is 5.10 Å². The molecule has 150 valence electrons. The normalized spacial score (nSPS) is 12.2. The number of amides is 1. The lowest BCUT2D eigenvalue weighted by Gasteiger charge is -2.17. The van der Waals surface area contributed by atoms with Gasteiger partial charge in [0.15, 0.2) is 6.10 Å². The summed E-state index contributed by atoms with van der Waals surface area (Å²) in [7, 11) is 0. The maximum Gasteiger partial charge on any atom is 0.283 e. The Hall–Kier alpha value is -2.78. The van der Waals surface area contributed by atoms with Crippen molar-refractivity contribution in [2.45, 2.75) is 26.4 Å². The van der Waals surface area contributed by atoms with Gasteiger partial charge in [-0.1, -0.05) is 37.3 Å². The van der Waals surface area contributed by atoms with Gasteiger partial charge in [0.05, 0.1) is 25.4 Å². The number of halogens is 1. The molecule has 0 radical (unpaired) electrons. The molecule has 0 bridgehead atoms. The number of carbonyl (C=O) groups is 1. The SMILES string of the molecule is CC[C@H](Oc1ccc2ccccc2c1Br)C(=O)N/N=C\c1cc([N+](=O)[O-])c(C)s1. The van der Waals surface area contributed by atoms with Crippen molar-refractivity contribution in [1.29, 1.82) is 0 Å². The van der Waals surface area contributed by atoms with Crippen LogP contribution in [0.15, 0.2) is 52.0 Å². The topological polar surface area (TPSA) is 93.8 Å². The van der Waals surface area contributed by atoms with Crippen molar-refractivity contribution in [1.82, 2.24) is 5.43 Å². The molecular weight excluding hydrogens is 458 g/mol. The van der Waals surface area contributed by atoms with Crippen LogP contribution < -0.4 is 10.2 Å². The average Bonchev–Trinajstić information content (AvgIpc) is 3.08. The lowest BCUT2D eigenvalue weighted by Crippen LogP contribution is -2.35. The number of hydrazone groups is 1. The minimum atomic E-state index is -0.732. The van der Waals surface area contributed by atoms with Crippen LogP contribution in [-0.4, -0.2) is 23.1 Å². The zero-order valence-corrected chi connectivity index (χ0v) is 18.1. The highest BCUT2D eigenvalue weighted by molar-refractivity contribution is 9.10. The van der Waals surface area contributed by atoms with E-state index in [0.717, 1.165) is 15.2 Å². The second-order valence-electron chi connectivity index (χ2n) is 6.20. The van der Waals surface area contributed by atoms with E-state index in [1.165, 1.54) is 23.6 Å². The smallest absolute Gasteiger partial charge is 0.283 e. The Morgan fingerprint density at radius 3 is 2.83 bits per heavy atom. The molecule has 3 aromatic rings. The third-order valence-electron chi connectivity index (χ3n) is 4.23. The number of benzene rings is 2. The molecule has 1 amide bonds. The van der Waals surface area contributed by atoms with Crippen molar-refractivity contribution in [3.63, 3.8) is 0 Å². The van der Waals surface area contributed by atoms with Crippen LogP contribution in [0.4, 0.5) is 5.69 Å². The zero-order chi connectivity index (χ0) is 21.0. The van der Waals surface area contributed by atoms with Crippen LogP contribution >= 0.6 is 27.3 Å². The van der Waals surface area contributed by atoms with E-state index in [4.69, 9.17) is 4.74 Å². The summed E-state index contributed by atoms with van der Waals surface area (Å²) in [6.45, 7) is 3.51. The fourth-order valence-corrected chi connectivity index (χ4v) is 4.21. The first-order chi connectivity index (χ1) is 13.9.